The minimum Gasteiger partial charge on any atom is -0.350 e. The van der Waals surface area contributed by atoms with E-state index in [1.807, 2.05) is 43.1 Å². The molecular weight excluding hydrogens is 330 g/mol. The molecule has 8 heteroatoms. The molecule has 4 aromatic heterocycles. The number of hydrogen-bond donors (Lipinski definition) is 2. The number of nitrogens with zero attached hydrogens (tertiary/aromatic N) is 5. The third kappa shape index (κ3) is 2.85. The molecule has 2 N–H and O–H groups in total. The van der Waals surface area contributed by atoms with Crippen LogP contribution >= 0.6 is 0 Å². The van der Waals surface area contributed by atoms with Gasteiger partial charge < -0.3 is 14.9 Å². The molecule has 4 rings (SSSR count). The summed E-state index contributed by atoms with van der Waals surface area (Å²) < 4.78 is 3.73. The quantitative estimate of drug-likeness (QED) is 0.573. The highest BCUT2D eigenvalue weighted by molar-refractivity contribution is 6.05. The standard InChI is InChI=1S/C18H19N7O/c1-24-8-5-13-16(24)9-14(15-4-7-22-25(15)2)23-17(13)18(26)20-6-3-12-10-19-11-21-12/h4-5,7-11H,3,6H2,1-2H3,(H,19,21)(H,20,26). The largest absolute Gasteiger partial charge is 0.350 e. The summed E-state index contributed by atoms with van der Waals surface area (Å²) in [5, 5.41) is 7.97. The highest BCUT2D eigenvalue weighted by Gasteiger charge is 2.17. The SMILES string of the molecule is Cn1nccc1-c1cc2c(ccn2C)c(C(=O)NCCc2cnc[nH]2)n1. The molecule has 26 heavy (non-hydrogen) atoms. The van der Waals surface area contributed by atoms with Gasteiger partial charge in [0.25, 0.3) is 5.91 Å². The Balaban J connectivity index is 1.66. The number of aromatic nitrogens is 6. The van der Waals surface area contributed by atoms with Crippen molar-refractivity contribution in [2.24, 2.45) is 14.1 Å². The Labute approximate surface area is 149 Å². The lowest BCUT2D eigenvalue weighted by Gasteiger charge is -2.09. The maximum Gasteiger partial charge on any atom is 0.270 e. The number of nitrogens with one attached hydrogen (secondary N) is 2. The fraction of sp³-hybridized carbons (Fsp3) is 0.222. The molecule has 8 nitrogen and oxygen atoms in total. The molecule has 0 bridgehead atoms. The van der Waals surface area contributed by atoms with Crippen molar-refractivity contribution in [1.29, 1.82) is 0 Å². The molecule has 0 radical (unpaired) electrons. The van der Waals surface area contributed by atoms with Gasteiger partial charge in [0.2, 0.25) is 0 Å². The highest BCUT2D eigenvalue weighted by atomic mass is 16.1. The van der Waals surface area contributed by atoms with Crippen molar-refractivity contribution in [3.05, 3.63) is 54.5 Å². The van der Waals surface area contributed by atoms with Crippen LogP contribution in [0.5, 0.6) is 0 Å². The van der Waals surface area contributed by atoms with Crippen molar-refractivity contribution < 1.29 is 4.79 Å². The molecule has 0 spiro atoms. The number of amides is 1. The van der Waals surface area contributed by atoms with Crippen LogP contribution in [0.1, 0.15) is 16.2 Å². The molecule has 0 fully saturated rings. The molecule has 4 heterocycles. The molecule has 0 saturated heterocycles. The number of hydrogen-bond acceptors (Lipinski definition) is 4. The lowest BCUT2D eigenvalue weighted by molar-refractivity contribution is 0.0951. The fourth-order valence-electron chi connectivity index (χ4n) is 3.01. The fourth-order valence-corrected chi connectivity index (χ4v) is 3.01. The Bertz CT molecular complexity index is 1060. The van der Waals surface area contributed by atoms with Crippen LogP contribution in [-0.2, 0) is 20.5 Å². The van der Waals surface area contributed by atoms with Gasteiger partial charge in [-0.2, -0.15) is 5.10 Å². The van der Waals surface area contributed by atoms with Crippen LogP contribution in [0.3, 0.4) is 0 Å². The minimum atomic E-state index is -0.190. The van der Waals surface area contributed by atoms with E-state index in [0.29, 0.717) is 18.7 Å². The molecule has 0 aliphatic rings. The Morgan fingerprint density at radius 2 is 2.19 bits per heavy atom. The first-order chi connectivity index (χ1) is 12.6. The Morgan fingerprint density at radius 3 is 2.92 bits per heavy atom. The second-order valence-electron chi connectivity index (χ2n) is 6.14. The molecule has 1 amide bonds. The van der Waals surface area contributed by atoms with Crippen molar-refractivity contribution in [3.63, 3.8) is 0 Å². The van der Waals surface area contributed by atoms with E-state index in [1.54, 1.807) is 23.4 Å². The zero-order valence-corrected chi connectivity index (χ0v) is 14.6. The molecule has 0 aliphatic carbocycles. The number of aryl methyl sites for hydroxylation is 2. The van der Waals surface area contributed by atoms with E-state index < -0.39 is 0 Å². The van der Waals surface area contributed by atoms with Crippen molar-refractivity contribution in [2.75, 3.05) is 6.54 Å². The second-order valence-corrected chi connectivity index (χ2v) is 6.14. The maximum atomic E-state index is 12.8. The number of rotatable bonds is 5. The molecule has 0 saturated carbocycles. The summed E-state index contributed by atoms with van der Waals surface area (Å²) in [6.07, 6.45) is 7.72. The minimum absolute atomic E-state index is 0.190. The van der Waals surface area contributed by atoms with Crippen LogP contribution in [-0.4, -0.2) is 41.8 Å². The average molecular weight is 349 g/mol. The molecular formula is C18H19N7O. The molecule has 0 aromatic carbocycles. The highest BCUT2D eigenvalue weighted by Crippen LogP contribution is 2.25. The summed E-state index contributed by atoms with van der Waals surface area (Å²) in [6.45, 7) is 0.507. The van der Waals surface area contributed by atoms with Gasteiger partial charge in [0.1, 0.15) is 5.69 Å². The third-order valence-electron chi connectivity index (χ3n) is 4.41. The summed E-state index contributed by atoms with van der Waals surface area (Å²) in [6, 6.07) is 5.78. The van der Waals surface area contributed by atoms with Crippen molar-refractivity contribution in [3.8, 4) is 11.4 Å². The van der Waals surface area contributed by atoms with Crippen molar-refractivity contribution in [1.82, 2.24) is 34.6 Å². The van der Waals surface area contributed by atoms with Gasteiger partial charge in [-0.3, -0.25) is 9.48 Å². The Morgan fingerprint density at radius 1 is 1.31 bits per heavy atom. The number of carbonyl (C=O) groups is 1. The van der Waals surface area contributed by atoms with Crippen LogP contribution in [0, 0.1) is 0 Å². The zero-order valence-electron chi connectivity index (χ0n) is 14.6. The number of fused-ring (bicyclic) bond motifs is 1. The second kappa shape index (κ2) is 6.47. The number of imidazole rings is 1. The molecule has 0 aliphatic heterocycles. The van der Waals surface area contributed by atoms with E-state index in [9.17, 15) is 4.79 Å². The lowest BCUT2D eigenvalue weighted by atomic mass is 10.1. The van der Waals surface area contributed by atoms with Gasteiger partial charge in [0, 0.05) is 56.7 Å². The van der Waals surface area contributed by atoms with Gasteiger partial charge >= 0.3 is 0 Å². The van der Waals surface area contributed by atoms with Crippen LogP contribution < -0.4 is 5.32 Å². The van der Waals surface area contributed by atoms with Crippen LogP contribution in [0.2, 0.25) is 0 Å². The predicted molar refractivity (Wildman–Crippen MR) is 97.5 cm³/mol. The van der Waals surface area contributed by atoms with Crippen LogP contribution in [0.4, 0.5) is 0 Å². The molecule has 0 atom stereocenters. The van der Waals surface area contributed by atoms with E-state index in [4.69, 9.17) is 0 Å². The first kappa shape index (κ1) is 16.1. The molecule has 0 unspecified atom stereocenters. The first-order valence-electron chi connectivity index (χ1n) is 8.33. The topological polar surface area (TPSA) is 93.4 Å². The summed E-state index contributed by atoms with van der Waals surface area (Å²) in [4.78, 5) is 24.4. The van der Waals surface area contributed by atoms with E-state index >= 15 is 0 Å². The number of H-pyrrole nitrogens is 1. The maximum absolute atomic E-state index is 12.8. The summed E-state index contributed by atoms with van der Waals surface area (Å²) in [5.74, 6) is -0.190. The normalized spacial score (nSPS) is 11.2. The number of carbonyl (C=O) groups excluding carboxylic acids is 1. The smallest absolute Gasteiger partial charge is 0.270 e. The van der Waals surface area contributed by atoms with Gasteiger partial charge in [-0.05, 0) is 18.2 Å². The van der Waals surface area contributed by atoms with Gasteiger partial charge in [-0.1, -0.05) is 0 Å². The third-order valence-corrected chi connectivity index (χ3v) is 4.41. The molecule has 132 valence electrons. The summed E-state index contributed by atoms with van der Waals surface area (Å²) in [7, 11) is 3.81. The monoisotopic (exact) mass is 349 g/mol. The summed E-state index contributed by atoms with van der Waals surface area (Å²) >= 11 is 0. The summed E-state index contributed by atoms with van der Waals surface area (Å²) in [5.41, 5.74) is 3.93. The number of pyridine rings is 1. The lowest BCUT2D eigenvalue weighted by Crippen LogP contribution is -2.27. The Hall–Kier alpha value is -3.42. The van der Waals surface area contributed by atoms with E-state index in [-0.39, 0.29) is 5.91 Å². The van der Waals surface area contributed by atoms with Crippen molar-refractivity contribution in [2.45, 2.75) is 6.42 Å². The van der Waals surface area contributed by atoms with E-state index in [2.05, 4.69) is 25.4 Å². The Kier molecular flexibility index (Phi) is 4.00. The van der Waals surface area contributed by atoms with Crippen molar-refractivity contribution >= 4 is 16.8 Å². The average Bonchev–Trinajstić information content (AvgIpc) is 3.37. The first-order valence-corrected chi connectivity index (χ1v) is 8.33. The van der Waals surface area contributed by atoms with E-state index in [1.165, 1.54) is 0 Å². The molecule has 4 aromatic rings. The van der Waals surface area contributed by atoms with Gasteiger partial charge in [-0.15, -0.1) is 0 Å². The zero-order chi connectivity index (χ0) is 18.1. The number of aromatic amines is 1. The van der Waals surface area contributed by atoms with Gasteiger partial charge in [0.15, 0.2) is 0 Å². The van der Waals surface area contributed by atoms with Crippen LogP contribution in [0.15, 0.2) is 43.1 Å². The van der Waals surface area contributed by atoms with Gasteiger partial charge in [-0.25, -0.2) is 9.97 Å². The van der Waals surface area contributed by atoms with E-state index in [0.717, 1.165) is 28.0 Å². The van der Waals surface area contributed by atoms with Gasteiger partial charge in [0.05, 0.1) is 23.2 Å². The van der Waals surface area contributed by atoms with Crippen LogP contribution in [0.25, 0.3) is 22.3 Å². The predicted octanol–water partition coefficient (Wildman–Crippen LogP) is 1.67.